The predicted octanol–water partition coefficient (Wildman–Crippen LogP) is 2.00. The summed E-state index contributed by atoms with van der Waals surface area (Å²) in [6.07, 6.45) is 3.24. The number of piperidine rings is 1. The van der Waals surface area contributed by atoms with Gasteiger partial charge in [0.1, 0.15) is 0 Å². The fourth-order valence-electron chi connectivity index (χ4n) is 2.29. The summed E-state index contributed by atoms with van der Waals surface area (Å²) in [6.45, 7) is 3.62. The van der Waals surface area contributed by atoms with Crippen LogP contribution in [-0.4, -0.2) is 39.0 Å². The number of nitrogens with zero attached hydrogens (tertiary/aromatic N) is 1. The minimum Gasteiger partial charge on any atom is -0.325 e. The molecule has 0 spiro atoms. The number of urea groups is 1. The standard InChI is InChI=1S/C14H21N3O3S/c1-2-15-21(19,20)13-8-6-12(7-9-13)16-14(18)17-10-4-3-5-11-17/h6-9,15H,2-5,10-11H2,1H3,(H,16,18). The lowest BCUT2D eigenvalue weighted by atomic mass is 10.1. The fourth-order valence-corrected chi connectivity index (χ4v) is 3.33. The summed E-state index contributed by atoms with van der Waals surface area (Å²) in [7, 11) is -3.45. The van der Waals surface area contributed by atoms with Gasteiger partial charge in [-0.15, -0.1) is 0 Å². The van der Waals surface area contributed by atoms with Crippen LogP contribution in [0, 0.1) is 0 Å². The van der Waals surface area contributed by atoms with E-state index in [0.29, 0.717) is 12.2 Å². The number of rotatable bonds is 4. The Bertz CT molecular complexity index is 578. The van der Waals surface area contributed by atoms with Crippen LogP contribution in [0.3, 0.4) is 0 Å². The molecule has 2 amide bonds. The summed E-state index contributed by atoms with van der Waals surface area (Å²) in [6, 6.07) is 6.06. The molecule has 1 aromatic rings. The first-order valence-electron chi connectivity index (χ1n) is 7.18. The number of carbonyl (C=O) groups is 1. The van der Waals surface area contributed by atoms with Crippen LogP contribution in [0.5, 0.6) is 0 Å². The van der Waals surface area contributed by atoms with Crippen molar-refractivity contribution in [1.29, 1.82) is 0 Å². The van der Waals surface area contributed by atoms with Crippen LogP contribution in [0.1, 0.15) is 26.2 Å². The number of nitrogens with one attached hydrogen (secondary N) is 2. The maximum Gasteiger partial charge on any atom is 0.321 e. The Labute approximate surface area is 125 Å². The highest BCUT2D eigenvalue weighted by molar-refractivity contribution is 7.89. The molecule has 0 aliphatic carbocycles. The van der Waals surface area contributed by atoms with Gasteiger partial charge in [-0.3, -0.25) is 0 Å². The van der Waals surface area contributed by atoms with Gasteiger partial charge >= 0.3 is 6.03 Å². The largest absolute Gasteiger partial charge is 0.325 e. The first-order valence-corrected chi connectivity index (χ1v) is 8.67. The molecule has 1 heterocycles. The summed E-state index contributed by atoms with van der Waals surface area (Å²) in [4.78, 5) is 14.0. The topological polar surface area (TPSA) is 78.5 Å². The monoisotopic (exact) mass is 311 g/mol. The SMILES string of the molecule is CCNS(=O)(=O)c1ccc(NC(=O)N2CCCCC2)cc1. The second kappa shape index (κ2) is 6.91. The van der Waals surface area contributed by atoms with Gasteiger partial charge in [0.25, 0.3) is 0 Å². The first kappa shape index (κ1) is 15.8. The van der Waals surface area contributed by atoms with Crippen LogP contribution in [-0.2, 0) is 10.0 Å². The third kappa shape index (κ3) is 4.18. The van der Waals surface area contributed by atoms with Crippen molar-refractivity contribution >= 4 is 21.7 Å². The number of hydrogen-bond acceptors (Lipinski definition) is 3. The van der Waals surface area contributed by atoms with Crippen molar-refractivity contribution < 1.29 is 13.2 Å². The highest BCUT2D eigenvalue weighted by Gasteiger charge is 2.17. The number of hydrogen-bond donors (Lipinski definition) is 2. The van der Waals surface area contributed by atoms with Crippen LogP contribution < -0.4 is 10.0 Å². The maximum atomic E-state index is 12.0. The van der Waals surface area contributed by atoms with E-state index in [1.54, 1.807) is 24.0 Å². The van der Waals surface area contributed by atoms with E-state index in [2.05, 4.69) is 10.0 Å². The smallest absolute Gasteiger partial charge is 0.321 e. The average Bonchev–Trinajstić information content (AvgIpc) is 2.48. The third-order valence-electron chi connectivity index (χ3n) is 3.39. The third-order valence-corrected chi connectivity index (χ3v) is 4.96. The molecule has 1 fully saturated rings. The van der Waals surface area contributed by atoms with Crippen molar-refractivity contribution in [2.75, 3.05) is 25.0 Å². The van der Waals surface area contributed by atoms with Gasteiger partial charge < -0.3 is 10.2 Å². The lowest BCUT2D eigenvalue weighted by Gasteiger charge is -2.26. The molecule has 116 valence electrons. The molecular formula is C14H21N3O3S. The summed E-state index contributed by atoms with van der Waals surface area (Å²) in [5, 5.41) is 2.79. The van der Waals surface area contributed by atoms with Gasteiger partial charge in [-0.25, -0.2) is 17.9 Å². The summed E-state index contributed by atoms with van der Waals surface area (Å²) in [5.41, 5.74) is 0.598. The van der Waals surface area contributed by atoms with Crippen molar-refractivity contribution in [3.63, 3.8) is 0 Å². The van der Waals surface area contributed by atoms with Crippen LogP contribution in [0.15, 0.2) is 29.2 Å². The lowest BCUT2D eigenvalue weighted by Crippen LogP contribution is -2.38. The van der Waals surface area contributed by atoms with Crippen molar-refractivity contribution in [3.05, 3.63) is 24.3 Å². The minimum atomic E-state index is -3.45. The highest BCUT2D eigenvalue weighted by atomic mass is 32.2. The van der Waals surface area contributed by atoms with Crippen LogP contribution in [0.25, 0.3) is 0 Å². The van der Waals surface area contributed by atoms with Gasteiger partial charge in [-0.1, -0.05) is 6.92 Å². The summed E-state index contributed by atoms with van der Waals surface area (Å²) < 4.78 is 26.0. The quantitative estimate of drug-likeness (QED) is 0.892. The van der Waals surface area contributed by atoms with Gasteiger partial charge in [-0.2, -0.15) is 0 Å². The molecule has 0 atom stereocenters. The van der Waals surface area contributed by atoms with E-state index in [1.807, 2.05) is 0 Å². The van der Waals surface area contributed by atoms with Crippen molar-refractivity contribution in [2.45, 2.75) is 31.1 Å². The molecule has 7 heteroatoms. The van der Waals surface area contributed by atoms with Crippen LogP contribution >= 0.6 is 0 Å². The Balaban J connectivity index is 2.00. The molecular weight excluding hydrogens is 290 g/mol. The van der Waals surface area contributed by atoms with E-state index in [9.17, 15) is 13.2 Å². The van der Waals surface area contributed by atoms with E-state index in [1.165, 1.54) is 18.6 Å². The van der Waals surface area contributed by atoms with E-state index in [4.69, 9.17) is 0 Å². The summed E-state index contributed by atoms with van der Waals surface area (Å²) >= 11 is 0. The van der Waals surface area contributed by atoms with Gasteiger partial charge in [0.15, 0.2) is 0 Å². The number of likely N-dealkylation sites (tertiary alicyclic amines) is 1. The molecule has 1 saturated heterocycles. The van der Waals surface area contributed by atoms with E-state index in [0.717, 1.165) is 25.9 Å². The van der Waals surface area contributed by atoms with Crippen LogP contribution in [0.2, 0.25) is 0 Å². The van der Waals surface area contributed by atoms with Gasteiger partial charge in [0.2, 0.25) is 10.0 Å². The zero-order chi connectivity index (χ0) is 15.3. The zero-order valence-corrected chi connectivity index (χ0v) is 12.9. The Morgan fingerprint density at radius 2 is 1.76 bits per heavy atom. The first-order chi connectivity index (χ1) is 10.0. The predicted molar refractivity (Wildman–Crippen MR) is 81.7 cm³/mol. The maximum absolute atomic E-state index is 12.0. The average molecular weight is 311 g/mol. The molecule has 6 nitrogen and oxygen atoms in total. The molecule has 2 rings (SSSR count). The van der Waals surface area contributed by atoms with E-state index in [-0.39, 0.29) is 10.9 Å². The Morgan fingerprint density at radius 3 is 2.33 bits per heavy atom. The van der Waals surface area contributed by atoms with Gasteiger partial charge in [-0.05, 0) is 43.5 Å². The molecule has 0 unspecified atom stereocenters. The second-order valence-electron chi connectivity index (χ2n) is 5.00. The normalized spacial score (nSPS) is 15.8. The number of benzene rings is 1. The fraction of sp³-hybridized carbons (Fsp3) is 0.500. The minimum absolute atomic E-state index is 0.128. The molecule has 0 bridgehead atoms. The number of anilines is 1. The Hall–Kier alpha value is -1.60. The van der Waals surface area contributed by atoms with Crippen molar-refractivity contribution in [2.24, 2.45) is 0 Å². The number of carbonyl (C=O) groups excluding carboxylic acids is 1. The van der Waals surface area contributed by atoms with Crippen molar-refractivity contribution in [1.82, 2.24) is 9.62 Å². The van der Waals surface area contributed by atoms with E-state index >= 15 is 0 Å². The molecule has 0 radical (unpaired) electrons. The zero-order valence-electron chi connectivity index (χ0n) is 12.1. The molecule has 0 aromatic heterocycles. The molecule has 1 aliphatic rings. The molecule has 1 aliphatic heterocycles. The Kier molecular flexibility index (Phi) is 5.19. The molecule has 2 N–H and O–H groups in total. The second-order valence-corrected chi connectivity index (χ2v) is 6.77. The van der Waals surface area contributed by atoms with Gasteiger partial charge in [0.05, 0.1) is 4.90 Å². The van der Waals surface area contributed by atoms with Gasteiger partial charge in [0, 0.05) is 25.3 Å². The number of amides is 2. The number of sulfonamides is 1. The Morgan fingerprint density at radius 1 is 1.14 bits per heavy atom. The summed E-state index contributed by atoms with van der Waals surface area (Å²) in [5.74, 6) is 0. The molecule has 1 aromatic carbocycles. The van der Waals surface area contributed by atoms with E-state index < -0.39 is 10.0 Å². The molecule has 21 heavy (non-hydrogen) atoms. The van der Waals surface area contributed by atoms with Crippen molar-refractivity contribution in [3.8, 4) is 0 Å². The molecule has 0 saturated carbocycles. The highest BCUT2D eigenvalue weighted by Crippen LogP contribution is 2.16. The lowest BCUT2D eigenvalue weighted by molar-refractivity contribution is 0.200. The van der Waals surface area contributed by atoms with Crippen LogP contribution in [0.4, 0.5) is 10.5 Å².